The van der Waals surface area contributed by atoms with Crippen LogP contribution in [0.4, 0.5) is 0 Å². The maximum atomic E-state index is 12.0. The number of hydrogen-bond donors (Lipinski definition) is 0. The van der Waals surface area contributed by atoms with E-state index in [1.165, 1.54) is 5.56 Å². The maximum Gasteiger partial charge on any atom is 0.251 e. The van der Waals surface area contributed by atoms with Crippen LogP contribution in [-0.4, -0.2) is 60.1 Å². The van der Waals surface area contributed by atoms with Crippen LogP contribution in [0.1, 0.15) is 18.4 Å². The minimum atomic E-state index is -0.240. The number of nitrogens with zero attached hydrogens (tertiary/aromatic N) is 3. The number of rotatable bonds is 3. The van der Waals surface area contributed by atoms with Gasteiger partial charge in [0.1, 0.15) is 6.10 Å². The number of ether oxygens (including phenoxy) is 1. The second kappa shape index (κ2) is 6.12. The number of hydrogen-bond acceptors (Lipinski definition) is 4. The monoisotopic (exact) mass is 289 g/mol. The number of fused-ring (bicyclic) bond motifs is 1. The van der Waals surface area contributed by atoms with Crippen molar-refractivity contribution in [1.82, 2.24) is 14.8 Å². The van der Waals surface area contributed by atoms with E-state index in [9.17, 15) is 4.79 Å². The molecule has 0 spiro atoms. The predicted molar refractivity (Wildman–Crippen MR) is 79.6 cm³/mol. The van der Waals surface area contributed by atoms with E-state index in [-0.39, 0.29) is 18.1 Å². The number of carbonyl (C=O) groups is 1. The quantitative estimate of drug-likeness (QED) is 0.837. The van der Waals surface area contributed by atoms with Crippen LogP contribution in [-0.2, 0) is 16.1 Å². The van der Waals surface area contributed by atoms with Crippen LogP contribution >= 0.6 is 0 Å². The molecule has 0 radical (unpaired) electrons. The fourth-order valence-corrected chi connectivity index (χ4v) is 3.33. The van der Waals surface area contributed by atoms with Crippen LogP contribution in [0.15, 0.2) is 24.5 Å². The van der Waals surface area contributed by atoms with Gasteiger partial charge in [-0.05, 0) is 43.0 Å². The standard InChI is InChI=1S/C16H23N3O2/c1-18(2)16(20)14-9-13-5-8-19(11-15(13)21-14)10-12-3-6-17-7-4-12/h3-4,6-7,13-15H,5,8-11H2,1-2H3/t13-,14-,15-/m0/s1. The summed E-state index contributed by atoms with van der Waals surface area (Å²) in [5, 5.41) is 0. The first-order valence-electron chi connectivity index (χ1n) is 7.61. The van der Waals surface area contributed by atoms with Crippen molar-refractivity contribution in [1.29, 1.82) is 0 Å². The van der Waals surface area contributed by atoms with Crippen LogP contribution in [0.5, 0.6) is 0 Å². The highest BCUT2D eigenvalue weighted by Crippen LogP contribution is 2.34. The van der Waals surface area contributed by atoms with Crippen LogP contribution < -0.4 is 0 Å². The molecule has 0 bridgehead atoms. The lowest BCUT2D eigenvalue weighted by atomic mass is 9.91. The van der Waals surface area contributed by atoms with E-state index in [1.807, 2.05) is 12.4 Å². The number of amides is 1. The fourth-order valence-electron chi connectivity index (χ4n) is 3.33. The van der Waals surface area contributed by atoms with Crippen molar-refractivity contribution in [2.24, 2.45) is 5.92 Å². The van der Waals surface area contributed by atoms with E-state index in [2.05, 4.69) is 22.0 Å². The Labute approximate surface area is 125 Å². The number of carbonyl (C=O) groups excluding carboxylic acids is 1. The minimum Gasteiger partial charge on any atom is -0.364 e. The van der Waals surface area contributed by atoms with Crippen LogP contribution in [0, 0.1) is 5.92 Å². The van der Waals surface area contributed by atoms with Gasteiger partial charge in [0.2, 0.25) is 0 Å². The molecule has 0 saturated carbocycles. The lowest BCUT2D eigenvalue weighted by Crippen LogP contribution is -2.42. The van der Waals surface area contributed by atoms with Crippen molar-refractivity contribution >= 4 is 5.91 Å². The van der Waals surface area contributed by atoms with Gasteiger partial charge in [0.15, 0.2) is 0 Å². The Hall–Kier alpha value is -1.46. The second-order valence-electron chi connectivity index (χ2n) is 6.27. The van der Waals surface area contributed by atoms with Crippen molar-refractivity contribution in [3.8, 4) is 0 Å². The first kappa shape index (κ1) is 14.5. The van der Waals surface area contributed by atoms with Gasteiger partial charge >= 0.3 is 0 Å². The Balaban J connectivity index is 1.57. The summed E-state index contributed by atoms with van der Waals surface area (Å²) in [6.45, 7) is 2.93. The predicted octanol–water partition coefficient (Wildman–Crippen LogP) is 1.15. The second-order valence-corrected chi connectivity index (χ2v) is 6.27. The summed E-state index contributed by atoms with van der Waals surface area (Å²) in [5.41, 5.74) is 1.28. The molecule has 2 aliphatic heterocycles. The summed E-state index contributed by atoms with van der Waals surface area (Å²) >= 11 is 0. The molecule has 2 saturated heterocycles. The largest absolute Gasteiger partial charge is 0.364 e. The zero-order chi connectivity index (χ0) is 14.8. The SMILES string of the molecule is CN(C)C(=O)[C@@H]1C[C@@H]2CCN(Cc3ccncc3)C[C@@H]2O1. The fraction of sp³-hybridized carbons (Fsp3) is 0.625. The average Bonchev–Trinajstić information content (AvgIpc) is 2.90. The van der Waals surface area contributed by atoms with Gasteiger partial charge in [-0.15, -0.1) is 0 Å². The number of pyridine rings is 1. The summed E-state index contributed by atoms with van der Waals surface area (Å²) in [6.07, 6.45) is 5.63. The zero-order valence-corrected chi connectivity index (χ0v) is 12.7. The highest BCUT2D eigenvalue weighted by Gasteiger charge is 2.42. The molecule has 2 fully saturated rings. The third-order valence-electron chi connectivity index (χ3n) is 4.51. The molecular weight excluding hydrogens is 266 g/mol. The molecule has 5 nitrogen and oxygen atoms in total. The van der Waals surface area contributed by atoms with Crippen LogP contribution in [0.3, 0.4) is 0 Å². The topological polar surface area (TPSA) is 45.7 Å². The van der Waals surface area contributed by atoms with Gasteiger partial charge in [-0.1, -0.05) is 0 Å². The van der Waals surface area contributed by atoms with E-state index in [0.717, 1.165) is 32.5 Å². The Morgan fingerprint density at radius 1 is 1.43 bits per heavy atom. The lowest BCUT2D eigenvalue weighted by Gasteiger charge is -2.34. The molecule has 1 aromatic rings. The highest BCUT2D eigenvalue weighted by atomic mass is 16.5. The third-order valence-corrected chi connectivity index (χ3v) is 4.51. The molecule has 1 aromatic heterocycles. The van der Waals surface area contributed by atoms with Gasteiger partial charge in [0.25, 0.3) is 5.91 Å². The van der Waals surface area contributed by atoms with Crippen molar-refractivity contribution in [3.63, 3.8) is 0 Å². The number of aromatic nitrogens is 1. The number of piperidine rings is 1. The molecule has 21 heavy (non-hydrogen) atoms. The normalized spacial score (nSPS) is 29.1. The molecule has 0 aliphatic carbocycles. The van der Waals surface area contributed by atoms with E-state index in [0.29, 0.717) is 5.92 Å². The summed E-state index contributed by atoms with van der Waals surface area (Å²) in [5.74, 6) is 0.637. The molecule has 3 atom stereocenters. The minimum absolute atomic E-state index is 0.102. The molecule has 1 amide bonds. The van der Waals surface area contributed by atoms with Gasteiger partial charge in [-0.2, -0.15) is 0 Å². The van der Waals surface area contributed by atoms with Gasteiger partial charge in [-0.25, -0.2) is 0 Å². The molecule has 0 unspecified atom stereocenters. The Morgan fingerprint density at radius 3 is 2.90 bits per heavy atom. The number of likely N-dealkylation sites (N-methyl/N-ethyl adjacent to an activating group) is 1. The first-order chi connectivity index (χ1) is 10.1. The summed E-state index contributed by atoms with van der Waals surface area (Å²) in [4.78, 5) is 20.1. The Morgan fingerprint density at radius 2 is 2.19 bits per heavy atom. The van der Waals surface area contributed by atoms with Crippen molar-refractivity contribution in [2.75, 3.05) is 27.2 Å². The van der Waals surface area contributed by atoms with E-state index in [4.69, 9.17) is 4.74 Å². The average molecular weight is 289 g/mol. The molecule has 0 aromatic carbocycles. The van der Waals surface area contributed by atoms with E-state index in [1.54, 1.807) is 19.0 Å². The van der Waals surface area contributed by atoms with Crippen LogP contribution in [0.25, 0.3) is 0 Å². The third kappa shape index (κ3) is 3.24. The molecule has 3 rings (SSSR count). The molecule has 3 heterocycles. The molecule has 114 valence electrons. The molecule has 5 heteroatoms. The van der Waals surface area contributed by atoms with E-state index < -0.39 is 0 Å². The molecular formula is C16H23N3O2. The molecule has 0 N–H and O–H groups in total. The van der Waals surface area contributed by atoms with Gasteiger partial charge in [-0.3, -0.25) is 14.7 Å². The smallest absolute Gasteiger partial charge is 0.251 e. The lowest BCUT2D eigenvalue weighted by molar-refractivity contribution is -0.141. The molecule has 2 aliphatic rings. The van der Waals surface area contributed by atoms with Crippen LogP contribution in [0.2, 0.25) is 0 Å². The van der Waals surface area contributed by atoms with E-state index >= 15 is 0 Å². The summed E-state index contributed by atoms with van der Waals surface area (Å²) in [7, 11) is 3.59. The highest BCUT2D eigenvalue weighted by molar-refractivity contribution is 5.80. The summed E-state index contributed by atoms with van der Waals surface area (Å²) < 4.78 is 6.01. The van der Waals surface area contributed by atoms with Gasteiger partial charge in [0, 0.05) is 39.6 Å². The van der Waals surface area contributed by atoms with Crippen molar-refractivity contribution < 1.29 is 9.53 Å². The maximum absolute atomic E-state index is 12.0. The van der Waals surface area contributed by atoms with Gasteiger partial charge < -0.3 is 9.64 Å². The first-order valence-corrected chi connectivity index (χ1v) is 7.61. The van der Waals surface area contributed by atoms with Gasteiger partial charge in [0.05, 0.1) is 6.10 Å². The Bertz CT molecular complexity index is 492. The Kier molecular flexibility index (Phi) is 4.22. The number of likely N-dealkylation sites (tertiary alicyclic amines) is 1. The summed E-state index contributed by atoms with van der Waals surface area (Å²) in [6, 6.07) is 4.11. The van der Waals surface area contributed by atoms with Crippen molar-refractivity contribution in [3.05, 3.63) is 30.1 Å². The van der Waals surface area contributed by atoms with Crippen molar-refractivity contribution in [2.45, 2.75) is 31.6 Å². The zero-order valence-electron chi connectivity index (χ0n) is 12.7.